The van der Waals surface area contributed by atoms with Crippen molar-refractivity contribution < 1.29 is 9.34 Å². The van der Waals surface area contributed by atoms with Crippen molar-refractivity contribution in [3.8, 4) is 22.5 Å². The number of thiophene rings is 1. The minimum atomic E-state index is -0.435. The lowest BCUT2D eigenvalue weighted by Crippen LogP contribution is -1.95. The van der Waals surface area contributed by atoms with Gasteiger partial charge in [0.05, 0.1) is 16.5 Å². The van der Waals surface area contributed by atoms with Crippen LogP contribution in [0.4, 0.5) is 11.5 Å². The lowest BCUT2D eigenvalue weighted by molar-refractivity contribution is -0.384. The summed E-state index contributed by atoms with van der Waals surface area (Å²) in [7, 11) is 0. The molecule has 0 atom stereocenters. The standard InChI is InChI=1S/C23H15N5O3S/c29-28(30)17-8-4-7-16(11-17)20-10-9-18(31-20)12-26-27-22-21-19(15-5-2-1-3-6-15)13-32-23(21)25-14-24-22/h1-14H,(H,24,25,27)/b26-12+. The number of nitrogens with zero attached hydrogens (tertiary/aromatic N) is 4. The highest BCUT2D eigenvalue weighted by atomic mass is 32.1. The van der Waals surface area contributed by atoms with Crippen LogP contribution in [0.5, 0.6) is 0 Å². The first-order valence-electron chi connectivity index (χ1n) is 9.60. The summed E-state index contributed by atoms with van der Waals surface area (Å²) >= 11 is 1.55. The summed E-state index contributed by atoms with van der Waals surface area (Å²) in [5, 5.41) is 18.2. The minimum absolute atomic E-state index is 0.00791. The van der Waals surface area contributed by atoms with E-state index in [0.29, 0.717) is 22.9 Å². The fourth-order valence-corrected chi connectivity index (χ4v) is 4.21. The molecule has 0 aliphatic carbocycles. The smallest absolute Gasteiger partial charge is 0.270 e. The van der Waals surface area contributed by atoms with Crippen LogP contribution in [0.1, 0.15) is 5.76 Å². The molecule has 0 fully saturated rings. The highest BCUT2D eigenvalue weighted by molar-refractivity contribution is 7.17. The number of rotatable bonds is 6. The Morgan fingerprint density at radius 1 is 1.03 bits per heavy atom. The zero-order valence-electron chi connectivity index (χ0n) is 16.5. The third-order valence-electron chi connectivity index (χ3n) is 4.79. The van der Waals surface area contributed by atoms with Crippen molar-refractivity contribution in [3.05, 3.63) is 94.3 Å². The maximum Gasteiger partial charge on any atom is 0.270 e. The average Bonchev–Trinajstić information content (AvgIpc) is 3.48. The van der Waals surface area contributed by atoms with Gasteiger partial charge >= 0.3 is 0 Å². The Morgan fingerprint density at radius 2 is 1.88 bits per heavy atom. The Hall–Kier alpha value is -4.37. The first-order chi connectivity index (χ1) is 15.7. The number of hydrogen-bond donors (Lipinski definition) is 1. The summed E-state index contributed by atoms with van der Waals surface area (Å²) in [6.07, 6.45) is 3.03. The fourth-order valence-electron chi connectivity index (χ4n) is 3.30. The van der Waals surface area contributed by atoms with E-state index in [1.165, 1.54) is 24.7 Å². The molecule has 0 radical (unpaired) electrons. The van der Waals surface area contributed by atoms with E-state index in [1.54, 1.807) is 35.6 Å². The van der Waals surface area contributed by atoms with Crippen molar-refractivity contribution in [2.24, 2.45) is 5.10 Å². The number of non-ortho nitro benzene ring substituents is 1. The van der Waals surface area contributed by atoms with E-state index in [0.717, 1.165) is 21.3 Å². The van der Waals surface area contributed by atoms with Crippen LogP contribution in [0, 0.1) is 10.1 Å². The van der Waals surface area contributed by atoms with Crippen molar-refractivity contribution >= 4 is 39.3 Å². The predicted molar refractivity (Wildman–Crippen MR) is 125 cm³/mol. The SMILES string of the molecule is O=[N+]([O-])c1cccc(-c2ccc(/C=N/Nc3ncnc4scc(-c5ccccc5)c34)o2)c1. The van der Waals surface area contributed by atoms with Crippen LogP contribution in [0.25, 0.3) is 32.7 Å². The highest BCUT2D eigenvalue weighted by Gasteiger charge is 2.13. The van der Waals surface area contributed by atoms with E-state index >= 15 is 0 Å². The van der Waals surface area contributed by atoms with Gasteiger partial charge in [-0.05, 0) is 17.7 Å². The summed E-state index contributed by atoms with van der Waals surface area (Å²) < 4.78 is 5.77. The van der Waals surface area contributed by atoms with Gasteiger partial charge < -0.3 is 4.42 Å². The number of benzene rings is 2. The number of nitrogens with one attached hydrogen (secondary N) is 1. The largest absolute Gasteiger partial charge is 0.455 e. The number of aromatic nitrogens is 2. The van der Waals surface area contributed by atoms with E-state index in [-0.39, 0.29) is 5.69 Å². The van der Waals surface area contributed by atoms with Gasteiger partial charge in [-0.15, -0.1) is 11.3 Å². The Morgan fingerprint density at radius 3 is 2.72 bits per heavy atom. The van der Waals surface area contributed by atoms with Crippen LogP contribution in [-0.2, 0) is 0 Å². The van der Waals surface area contributed by atoms with Gasteiger partial charge in [0.15, 0.2) is 5.82 Å². The number of nitro benzene ring substituents is 1. The van der Waals surface area contributed by atoms with Crippen LogP contribution in [0.15, 0.2) is 88.0 Å². The Balaban J connectivity index is 1.39. The molecule has 0 saturated carbocycles. The number of hydrazone groups is 1. The summed E-state index contributed by atoms with van der Waals surface area (Å²) in [4.78, 5) is 20.1. The quantitative estimate of drug-likeness (QED) is 0.198. The summed E-state index contributed by atoms with van der Waals surface area (Å²) in [6, 6.07) is 19.8. The van der Waals surface area contributed by atoms with E-state index in [2.05, 4.69) is 25.9 Å². The fraction of sp³-hybridized carbons (Fsp3) is 0. The predicted octanol–water partition coefficient (Wildman–Crippen LogP) is 5.97. The third kappa shape index (κ3) is 3.84. The molecular formula is C23H15N5O3S. The van der Waals surface area contributed by atoms with Gasteiger partial charge in [-0.2, -0.15) is 5.10 Å². The molecule has 0 unspecified atom stereocenters. The molecule has 0 aliphatic heterocycles. The molecule has 5 rings (SSSR count). The monoisotopic (exact) mass is 441 g/mol. The first-order valence-corrected chi connectivity index (χ1v) is 10.5. The Kier molecular flexibility index (Phi) is 5.14. The van der Waals surface area contributed by atoms with Crippen molar-refractivity contribution in [1.82, 2.24) is 9.97 Å². The van der Waals surface area contributed by atoms with E-state index in [4.69, 9.17) is 4.42 Å². The number of fused-ring (bicyclic) bond motifs is 1. The number of furan rings is 1. The molecular weight excluding hydrogens is 426 g/mol. The van der Waals surface area contributed by atoms with Gasteiger partial charge in [0, 0.05) is 28.6 Å². The molecule has 0 spiro atoms. The van der Waals surface area contributed by atoms with Gasteiger partial charge in [0.25, 0.3) is 5.69 Å². The summed E-state index contributed by atoms with van der Waals surface area (Å²) in [5.41, 5.74) is 5.72. The molecule has 0 bridgehead atoms. The number of nitro groups is 1. The van der Waals surface area contributed by atoms with Gasteiger partial charge in [0.2, 0.25) is 0 Å². The molecule has 3 aromatic heterocycles. The highest BCUT2D eigenvalue weighted by Crippen LogP contribution is 2.36. The molecule has 1 N–H and O–H groups in total. The minimum Gasteiger partial charge on any atom is -0.455 e. The van der Waals surface area contributed by atoms with Crippen molar-refractivity contribution in [2.75, 3.05) is 5.43 Å². The summed E-state index contributed by atoms with van der Waals surface area (Å²) in [5.74, 6) is 1.61. The Labute approximate surface area is 186 Å². The molecule has 0 saturated heterocycles. The van der Waals surface area contributed by atoms with E-state index < -0.39 is 4.92 Å². The van der Waals surface area contributed by atoms with Crippen molar-refractivity contribution in [1.29, 1.82) is 0 Å². The van der Waals surface area contributed by atoms with Crippen LogP contribution in [0.3, 0.4) is 0 Å². The average molecular weight is 441 g/mol. The first kappa shape index (κ1) is 19.6. The second-order valence-electron chi connectivity index (χ2n) is 6.80. The molecule has 156 valence electrons. The number of anilines is 1. The van der Waals surface area contributed by atoms with Crippen molar-refractivity contribution in [2.45, 2.75) is 0 Å². The van der Waals surface area contributed by atoms with Crippen LogP contribution in [0.2, 0.25) is 0 Å². The van der Waals surface area contributed by atoms with Crippen LogP contribution in [-0.4, -0.2) is 21.1 Å². The van der Waals surface area contributed by atoms with E-state index in [9.17, 15) is 10.1 Å². The van der Waals surface area contributed by atoms with Crippen molar-refractivity contribution in [3.63, 3.8) is 0 Å². The lowest BCUT2D eigenvalue weighted by atomic mass is 10.1. The molecule has 2 aromatic carbocycles. The zero-order valence-corrected chi connectivity index (χ0v) is 17.3. The molecule has 5 aromatic rings. The lowest BCUT2D eigenvalue weighted by Gasteiger charge is -2.04. The van der Waals surface area contributed by atoms with Gasteiger partial charge in [-0.1, -0.05) is 42.5 Å². The van der Waals surface area contributed by atoms with Gasteiger partial charge in [0.1, 0.15) is 22.7 Å². The van der Waals surface area contributed by atoms with E-state index in [1.807, 2.05) is 30.3 Å². The van der Waals surface area contributed by atoms with Gasteiger partial charge in [-0.3, -0.25) is 15.5 Å². The second kappa shape index (κ2) is 8.40. The second-order valence-corrected chi connectivity index (χ2v) is 7.66. The maximum atomic E-state index is 11.0. The van der Waals surface area contributed by atoms with Crippen LogP contribution >= 0.6 is 11.3 Å². The summed E-state index contributed by atoms with van der Waals surface area (Å²) in [6.45, 7) is 0. The van der Waals surface area contributed by atoms with Crippen LogP contribution < -0.4 is 5.43 Å². The Bertz CT molecular complexity index is 1440. The third-order valence-corrected chi connectivity index (χ3v) is 5.67. The zero-order chi connectivity index (χ0) is 21.9. The normalized spacial score (nSPS) is 11.2. The molecule has 3 heterocycles. The molecule has 8 nitrogen and oxygen atoms in total. The topological polar surface area (TPSA) is 106 Å². The maximum absolute atomic E-state index is 11.0. The molecule has 9 heteroatoms. The van der Waals surface area contributed by atoms with Gasteiger partial charge in [-0.25, -0.2) is 9.97 Å². The molecule has 0 aliphatic rings. The molecule has 0 amide bonds. The number of hydrogen-bond acceptors (Lipinski definition) is 8. The molecule has 32 heavy (non-hydrogen) atoms.